The molecular weight excluding hydrogens is 329 g/mol. The number of hydrogen-bond acceptors (Lipinski definition) is 3. The fourth-order valence-electron chi connectivity index (χ4n) is 2.26. The molecule has 0 saturated carbocycles. The predicted molar refractivity (Wildman–Crippen MR) is 91.1 cm³/mol. The van der Waals surface area contributed by atoms with E-state index in [-0.39, 0.29) is 16.8 Å². The van der Waals surface area contributed by atoms with Crippen molar-refractivity contribution in [3.63, 3.8) is 0 Å². The smallest absolute Gasteiger partial charge is 0.339 e. The number of hydrogen-bond donors (Lipinski definition) is 2. The summed E-state index contributed by atoms with van der Waals surface area (Å²) >= 11 is 1.24. The van der Waals surface area contributed by atoms with Crippen LogP contribution in [0.3, 0.4) is 0 Å². The van der Waals surface area contributed by atoms with Crippen molar-refractivity contribution in [2.45, 2.75) is 0 Å². The fourth-order valence-corrected chi connectivity index (χ4v) is 3.26. The van der Waals surface area contributed by atoms with E-state index in [1.54, 1.807) is 5.38 Å². The summed E-state index contributed by atoms with van der Waals surface area (Å²) in [5.41, 5.74) is 1.28. The zero-order chi connectivity index (χ0) is 17.1. The topological polar surface area (TPSA) is 66.4 Å². The maximum absolute atomic E-state index is 12.9. The molecule has 0 radical (unpaired) electrons. The Hall–Kier alpha value is -2.99. The van der Waals surface area contributed by atoms with Gasteiger partial charge in [0.15, 0.2) is 0 Å². The Morgan fingerprint density at radius 2 is 1.67 bits per heavy atom. The van der Waals surface area contributed by atoms with Gasteiger partial charge in [-0.2, -0.15) is 0 Å². The lowest BCUT2D eigenvalue weighted by atomic mass is 10.1. The molecule has 0 saturated heterocycles. The van der Waals surface area contributed by atoms with E-state index >= 15 is 0 Å². The van der Waals surface area contributed by atoms with Crippen LogP contribution in [-0.2, 0) is 0 Å². The Balaban J connectivity index is 1.94. The number of aromatic carboxylic acids is 1. The van der Waals surface area contributed by atoms with Crippen LogP contribution in [0.1, 0.15) is 20.7 Å². The number of rotatable bonds is 4. The molecule has 0 aliphatic carbocycles. The first-order valence-electron chi connectivity index (χ1n) is 7.03. The molecule has 2 aromatic carbocycles. The molecule has 1 aromatic heterocycles. The van der Waals surface area contributed by atoms with Gasteiger partial charge in [0.1, 0.15) is 11.4 Å². The maximum atomic E-state index is 12.9. The van der Waals surface area contributed by atoms with Gasteiger partial charge in [0.05, 0.1) is 10.6 Å². The first-order valence-corrected chi connectivity index (χ1v) is 7.91. The third-order valence-electron chi connectivity index (χ3n) is 3.40. The molecule has 1 heterocycles. The van der Waals surface area contributed by atoms with E-state index in [1.165, 1.54) is 35.6 Å². The average molecular weight is 341 g/mol. The molecule has 0 bridgehead atoms. The molecule has 4 nitrogen and oxygen atoms in total. The highest BCUT2D eigenvalue weighted by molar-refractivity contribution is 7.14. The average Bonchev–Trinajstić information content (AvgIpc) is 3.00. The summed E-state index contributed by atoms with van der Waals surface area (Å²) in [6, 6.07) is 14.1. The number of anilines is 1. The number of carbonyl (C=O) groups excluding carboxylic acids is 1. The molecule has 3 aromatic rings. The van der Waals surface area contributed by atoms with Gasteiger partial charge in [-0.05, 0) is 29.8 Å². The summed E-state index contributed by atoms with van der Waals surface area (Å²) in [6.45, 7) is 0. The zero-order valence-corrected chi connectivity index (χ0v) is 13.1. The van der Waals surface area contributed by atoms with Crippen molar-refractivity contribution in [3.05, 3.63) is 76.9 Å². The van der Waals surface area contributed by atoms with Gasteiger partial charge in [0, 0.05) is 10.9 Å². The van der Waals surface area contributed by atoms with E-state index < -0.39 is 17.7 Å². The van der Waals surface area contributed by atoms with Crippen LogP contribution in [-0.4, -0.2) is 17.0 Å². The lowest BCUT2D eigenvalue weighted by Gasteiger charge is -2.06. The van der Waals surface area contributed by atoms with Crippen LogP contribution in [0, 0.1) is 5.82 Å². The molecule has 0 aliphatic rings. The van der Waals surface area contributed by atoms with E-state index in [0.717, 1.165) is 5.56 Å². The van der Waals surface area contributed by atoms with Gasteiger partial charge in [0.25, 0.3) is 5.91 Å². The van der Waals surface area contributed by atoms with Crippen LogP contribution in [0.2, 0.25) is 0 Å². The molecule has 0 aliphatic heterocycles. The third kappa shape index (κ3) is 3.18. The number of benzene rings is 2. The normalized spacial score (nSPS) is 10.4. The van der Waals surface area contributed by atoms with E-state index in [4.69, 9.17) is 0 Å². The van der Waals surface area contributed by atoms with E-state index in [1.807, 2.05) is 30.3 Å². The number of carboxylic acids is 1. The number of halogens is 1. The number of amides is 1. The molecule has 2 N–H and O–H groups in total. The summed E-state index contributed by atoms with van der Waals surface area (Å²) in [5.74, 6) is -2.06. The van der Waals surface area contributed by atoms with Crippen molar-refractivity contribution in [1.82, 2.24) is 0 Å². The fraction of sp³-hybridized carbons (Fsp3) is 0. The minimum absolute atomic E-state index is 0.0432. The Bertz CT molecular complexity index is 888. The summed E-state index contributed by atoms with van der Waals surface area (Å²) in [5, 5.41) is 13.7. The lowest BCUT2D eigenvalue weighted by molar-refractivity contribution is 0.0699. The number of carbonyl (C=O) groups is 2. The Labute approximate surface area is 141 Å². The molecule has 0 spiro atoms. The van der Waals surface area contributed by atoms with Crippen LogP contribution in [0.15, 0.2) is 60.0 Å². The first-order chi connectivity index (χ1) is 11.6. The Morgan fingerprint density at radius 3 is 2.29 bits per heavy atom. The number of nitrogens with one attached hydrogen (secondary N) is 1. The van der Waals surface area contributed by atoms with E-state index in [9.17, 15) is 19.1 Å². The summed E-state index contributed by atoms with van der Waals surface area (Å²) in [6.07, 6.45) is 0. The predicted octanol–water partition coefficient (Wildman–Crippen LogP) is 4.50. The molecule has 1 amide bonds. The van der Waals surface area contributed by atoms with Crippen molar-refractivity contribution < 1.29 is 19.1 Å². The van der Waals surface area contributed by atoms with Crippen LogP contribution in [0.5, 0.6) is 0 Å². The Kier molecular flexibility index (Phi) is 4.39. The summed E-state index contributed by atoms with van der Waals surface area (Å²) in [7, 11) is 0. The molecule has 120 valence electrons. The zero-order valence-electron chi connectivity index (χ0n) is 12.3. The van der Waals surface area contributed by atoms with Gasteiger partial charge in [-0.15, -0.1) is 11.3 Å². The van der Waals surface area contributed by atoms with Crippen molar-refractivity contribution >= 4 is 28.9 Å². The van der Waals surface area contributed by atoms with Crippen LogP contribution in [0.4, 0.5) is 10.1 Å². The standard InChI is InChI=1S/C18H12FNO3S/c19-13-8-6-12(7-9-13)17(21)20-14-10-24-16(15(14)18(22)23)11-4-2-1-3-5-11/h1-10H,(H,20,21)(H,22,23). The first kappa shape index (κ1) is 15.9. The van der Waals surface area contributed by atoms with Crippen LogP contribution >= 0.6 is 11.3 Å². The van der Waals surface area contributed by atoms with Crippen molar-refractivity contribution in [3.8, 4) is 10.4 Å². The minimum atomic E-state index is -1.12. The second-order valence-electron chi connectivity index (χ2n) is 4.99. The van der Waals surface area contributed by atoms with E-state index in [2.05, 4.69) is 5.32 Å². The maximum Gasteiger partial charge on any atom is 0.339 e. The molecular formula is C18H12FNO3S. The largest absolute Gasteiger partial charge is 0.478 e. The highest BCUT2D eigenvalue weighted by atomic mass is 32.1. The van der Waals surface area contributed by atoms with Gasteiger partial charge < -0.3 is 10.4 Å². The SMILES string of the molecule is O=C(Nc1csc(-c2ccccc2)c1C(=O)O)c1ccc(F)cc1. The highest BCUT2D eigenvalue weighted by Crippen LogP contribution is 2.36. The van der Waals surface area contributed by atoms with Gasteiger partial charge in [-0.3, -0.25) is 4.79 Å². The quantitative estimate of drug-likeness (QED) is 0.734. The summed E-state index contributed by atoms with van der Waals surface area (Å²) in [4.78, 5) is 24.4. The third-order valence-corrected chi connectivity index (χ3v) is 4.42. The second kappa shape index (κ2) is 6.64. The van der Waals surface area contributed by atoms with E-state index in [0.29, 0.717) is 4.88 Å². The molecule has 6 heteroatoms. The van der Waals surface area contributed by atoms with Crippen molar-refractivity contribution in [2.24, 2.45) is 0 Å². The molecule has 0 unspecified atom stereocenters. The molecule has 24 heavy (non-hydrogen) atoms. The second-order valence-corrected chi connectivity index (χ2v) is 5.87. The lowest BCUT2D eigenvalue weighted by Crippen LogP contribution is -2.14. The number of carboxylic acid groups (broad SMARTS) is 1. The van der Waals surface area contributed by atoms with Gasteiger partial charge in [-0.25, -0.2) is 9.18 Å². The Morgan fingerprint density at radius 1 is 1.00 bits per heavy atom. The van der Waals surface area contributed by atoms with Crippen molar-refractivity contribution in [2.75, 3.05) is 5.32 Å². The van der Waals surface area contributed by atoms with Gasteiger partial charge in [0.2, 0.25) is 0 Å². The molecule has 0 atom stereocenters. The molecule has 0 fully saturated rings. The monoisotopic (exact) mass is 341 g/mol. The van der Waals surface area contributed by atoms with Gasteiger partial charge in [-0.1, -0.05) is 30.3 Å². The van der Waals surface area contributed by atoms with Crippen LogP contribution in [0.25, 0.3) is 10.4 Å². The summed E-state index contributed by atoms with van der Waals surface area (Å²) < 4.78 is 12.9. The minimum Gasteiger partial charge on any atom is -0.478 e. The molecule has 3 rings (SSSR count). The number of thiophene rings is 1. The van der Waals surface area contributed by atoms with Crippen molar-refractivity contribution in [1.29, 1.82) is 0 Å². The van der Waals surface area contributed by atoms with Crippen LogP contribution < -0.4 is 5.32 Å². The highest BCUT2D eigenvalue weighted by Gasteiger charge is 2.21. The van der Waals surface area contributed by atoms with Gasteiger partial charge >= 0.3 is 5.97 Å².